The largest absolute Gasteiger partial charge is 0.380 e. The third-order valence-corrected chi connectivity index (χ3v) is 2.30. The Balaban J connectivity index is 3.32. The molecule has 2 N–H and O–H groups in total. The third-order valence-electron chi connectivity index (χ3n) is 2.30. The van der Waals surface area contributed by atoms with Gasteiger partial charge in [-0.25, -0.2) is 0 Å². The Bertz CT molecular complexity index is 394. The first-order valence-electron chi connectivity index (χ1n) is 4.96. The molecule has 0 fully saturated rings. The van der Waals surface area contributed by atoms with E-state index < -0.39 is 0 Å². The molecule has 0 radical (unpaired) electrons. The second-order valence-corrected chi connectivity index (χ2v) is 4.47. The molecule has 0 unspecified atom stereocenters. The lowest BCUT2D eigenvalue weighted by Gasteiger charge is -2.20. The van der Waals surface area contributed by atoms with E-state index in [2.05, 4.69) is 32.5 Å². The molecule has 0 aliphatic carbocycles. The monoisotopic (exact) mass is 206 g/mol. The van der Waals surface area contributed by atoms with Crippen molar-refractivity contribution in [2.45, 2.75) is 27.7 Å². The van der Waals surface area contributed by atoms with E-state index in [0.29, 0.717) is 5.82 Å². The standard InChI is InChI=1S/C12H18N2O/c1-6-8-10(15-14-11(8)13)9(7-2)12(3,4)5/h6-7H,1H2,2-5H3,(H2,13,14)/b9-7+. The summed E-state index contributed by atoms with van der Waals surface area (Å²) in [5.74, 6) is 1.11. The van der Waals surface area contributed by atoms with E-state index in [9.17, 15) is 0 Å². The van der Waals surface area contributed by atoms with E-state index in [0.717, 1.165) is 16.9 Å². The van der Waals surface area contributed by atoms with Crippen LogP contribution in [0, 0.1) is 5.41 Å². The van der Waals surface area contributed by atoms with Crippen LogP contribution in [0.25, 0.3) is 11.6 Å². The number of nitrogen functional groups attached to an aromatic ring is 1. The summed E-state index contributed by atoms with van der Waals surface area (Å²) < 4.78 is 5.25. The fraction of sp³-hybridized carbons (Fsp3) is 0.417. The minimum atomic E-state index is -0.00150. The van der Waals surface area contributed by atoms with Gasteiger partial charge in [-0.2, -0.15) is 0 Å². The molecule has 82 valence electrons. The first-order chi connectivity index (χ1) is 6.91. The predicted molar refractivity (Wildman–Crippen MR) is 64.1 cm³/mol. The summed E-state index contributed by atoms with van der Waals surface area (Å²) in [7, 11) is 0. The van der Waals surface area contributed by atoms with Crippen LogP contribution in [-0.4, -0.2) is 5.16 Å². The summed E-state index contributed by atoms with van der Waals surface area (Å²) in [6.45, 7) is 12.1. The van der Waals surface area contributed by atoms with Gasteiger partial charge in [-0.3, -0.25) is 0 Å². The van der Waals surface area contributed by atoms with Crippen LogP contribution in [0.15, 0.2) is 17.2 Å². The topological polar surface area (TPSA) is 52.0 Å². The van der Waals surface area contributed by atoms with Crippen LogP contribution in [0.5, 0.6) is 0 Å². The van der Waals surface area contributed by atoms with Gasteiger partial charge >= 0.3 is 0 Å². The molecule has 0 saturated carbocycles. The molecule has 0 saturated heterocycles. The summed E-state index contributed by atoms with van der Waals surface area (Å²) in [5.41, 5.74) is 7.54. The first-order valence-corrected chi connectivity index (χ1v) is 4.96. The smallest absolute Gasteiger partial charge is 0.174 e. The van der Waals surface area contributed by atoms with Crippen LogP contribution in [0.2, 0.25) is 0 Å². The van der Waals surface area contributed by atoms with Gasteiger partial charge in [-0.15, -0.1) is 0 Å². The molecule has 3 nitrogen and oxygen atoms in total. The van der Waals surface area contributed by atoms with Crippen LogP contribution < -0.4 is 5.73 Å². The maximum Gasteiger partial charge on any atom is 0.174 e. The molecule has 0 spiro atoms. The van der Waals surface area contributed by atoms with Gasteiger partial charge in [0.25, 0.3) is 0 Å². The minimum absolute atomic E-state index is 0.00150. The van der Waals surface area contributed by atoms with Crippen molar-refractivity contribution >= 4 is 17.5 Å². The fourth-order valence-electron chi connectivity index (χ4n) is 1.61. The van der Waals surface area contributed by atoms with E-state index in [-0.39, 0.29) is 5.41 Å². The van der Waals surface area contributed by atoms with Crippen molar-refractivity contribution in [2.75, 3.05) is 5.73 Å². The number of nitrogens with two attached hydrogens (primary N) is 1. The maximum atomic E-state index is 5.68. The molecule has 3 heteroatoms. The lowest BCUT2D eigenvalue weighted by molar-refractivity contribution is 0.400. The van der Waals surface area contributed by atoms with Gasteiger partial charge in [0.05, 0.1) is 5.56 Å². The molecular weight excluding hydrogens is 188 g/mol. The number of anilines is 1. The average Bonchev–Trinajstić information content (AvgIpc) is 2.46. The molecule has 0 bridgehead atoms. The number of aromatic nitrogens is 1. The molecule has 1 heterocycles. The number of allylic oxidation sites excluding steroid dienone is 2. The van der Waals surface area contributed by atoms with Gasteiger partial charge in [0.2, 0.25) is 0 Å². The molecule has 0 amide bonds. The second-order valence-electron chi connectivity index (χ2n) is 4.47. The Morgan fingerprint density at radius 3 is 2.47 bits per heavy atom. The lowest BCUT2D eigenvalue weighted by Crippen LogP contribution is -2.08. The first kappa shape index (κ1) is 11.6. The molecular formula is C12H18N2O. The van der Waals surface area contributed by atoms with Crippen molar-refractivity contribution in [1.29, 1.82) is 0 Å². The zero-order valence-corrected chi connectivity index (χ0v) is 9.79. The fourth-order valence-corrected chi connectivity index (χ4v) is 1.61. The van der Waals surface area contributed by atoms with Gasteiger partial charge in [0.1, 0.15) is 0 Å². The van der Waals surface area contributed by atoms with E-state index in [1.54, 1.807) is 6.08 Å². The van der Waals surface area contributed by atoms with E-state index in [1.165, 1.54) is 0 Å². The molecule has 1 rings (SSSR count). The van der Waals surface area contributed by atoms with E-state index in [4.69, 9.17) is 10.3 Å². The highest BCUT2D eigenvalue weighted by Gasteiger charge is 2.24. The summed E-state index contributed by atoms with van der Waals surface area (Å²) >= 11 is 0. The highest BCUT2D eigenvalue weighted by Crippen LogP contribution is 2.37. The Hall–Kier alpha value is -1.51. The summed E-state index contributed by atoms with van der Waals surface area (Å²) in [5, 5.41) is 3.76. The molecule has 1 aromatic heterocycles. The number of rotatable bonds is 2. The third kappa shape index (κ3) is 2.12. The van der Waals surface area contributed by atoms with Gasteiger partial charge in [-0.05, 0) is 17.9 Å². The second kappa shape index (κ2) is 3.93. The number of hydrogen-bond acceptors (Lipinski definition) is 3. The normalized spacial score (nSPS) is 12.9. The zero-order chi connectivity index (χ0) is 11.6. The van der Waals surface area contributed by atoms with E-state index >= 15 is 0 Å². The lowest BCUT2D eigenvalue weighted by atomic mass is 9.83. The highest BCUT2D eigenvalue weighted by molar-refractivity contribution is 5.77. The van der Waals surface area contributed by atoms with Gasteiger partial charge < -0.3 is 10.3 Å². The van der Waals surface area contributed by atoms with Gasteiger partial charge in [-0.1, -0.05) is 44.7 Å². The SMILES string of the molecule is C=Cc1c(N)noc1/C(=C\C)C(C)(C)C. The van der Waals surface area contributed by atoms with Gasteiger partial charge in [0, 0.05) is 0 Å². The molecule has 1 aromatic rings. The van der Waals surface area contributed by atoms with Crippen molar-refractivity contribution in [3.63, 3.8) is 0 Å². The molecule has 15 heavy (non-hydrogen) atoms. The predicted octanol–water partition coefficient (Wildman–Crippen LogP) is 3.35. The van der Waals surface area contributed by atoms with Crippen molar-refractivity contribution in [3.8, 4) is 0 Å². The number of nitrogens with zero attached hydrogens (tertiary/aromatic N) is 1. The summed E-state index contributed by atoms with van der Waals surface area (Å²) in [6, 6.07) is 0. The molecule has 0 atom stereocenters. The highest BCUT2D eigenvalue weighted by atomic mass is 16.5. The summed E-state index contributed by atoms with van der Waals surface area (Å²) in [6.07, 6.45) is 3.70. The average molecular weight is 206 g/mol. The molecule has 0 aliphatic heterocycles. The Morgan fingerprint density at radius 1 is 1.47 bits per heavy atom. The molecule has 0 aliphatic rings. The van der Waals surface area contributed by atoms with Crippen molar-refractivity contribution in [2.24, 2.45) is 5.41 Å². The van der Waals surface area contributed by atoms with Crippen LogP contribution in [0.1, 0.15) is 39.0 Å². The van der Waals surface area contributed by atoms with Crippen LogP contribution in [0.3, 0.4) is 0 Å². The minimum Gasteiger partial charge on any atom is -0.380 e. The Labute approximate surface area is 90.6 Å². The maximum absolute atomic E-state index is 5.68. The van der Waals surface area contributed by atoms with E-state index in [1.807, 2.05) is 13.0 Å². The number of hydrogen-bond donors (Lipinski definition) is 1. The quantitative estimate of drug-likeness (QED) is 0.807. The molecule has 0 aromatic carbocycles. The van der Waals surface area contributed by atoms with Crippen LogP contribution in [-0.2, 0) is 0 Å². The van der Waals surface area contributed by atoms with Crippen molar-refractivity contribution < 1.29 is 4.52 Å². The van der Waals surface area contributed by atoms with Gasteiger partial charge in [0.15, 0.2) is 11.6 Å². The Kier molecular flexibility index (Phi) is 3.03. The van der Waals surface area contributed by atoms with Crippen molar-refractivity contribution in [1.82, 2.24) is 5.16 Å². The van der Waals surface area contributed by atoms with Crippen LogP contribution in [0.4, 0.5) is 5.82 Å². The van der Waals surface area contributed by atoms with Crippen LogP contribution >= 0.6 is 0 Å². The van der Waals surface area contributed by atoms with Crippen molar-refractivity contribution in [3.05, 3.63) is 24.0 Å². The Morgan fingerprint density at radius 2 is 2.07 bits per heavy atom. The summed E-state index contributed by atoms with van der Waals surface area (Å²) in [4.78, 5) is 0. The zero-order valence-electron chi connectivity index (χ0n) is 9.79.